The SMILES string of the molecule is Cc1cccc(C2C3=CCC4C(=O)N(CCC(=O)O)C(=O)C4C3CC3(Cl)C(=O)N(c4ccc(F)cc4)C(=O)C23Cl)c1O. The zero-order chi connectivity index (χ0) is 30.3. The Bertz CT molecular complexity index is 1610. The monoisotopic (exact) mass is 614 g/mol. The number of aliphatic carboxylic acids is 1. The molecule has 6 atom stereocenters. The van der Waals surface area contributed by atoms with Crippen LogP contribution in [0.4, 0.5) is 10.1 Å². The van der Waals surface area contributed by atoms with Gasteiger partial charge in [0.15, 0.2) is 9.75 Å². The van der Waals surface area contributed by atoms with Gasteiger partial charge in [-0.3, -0.25) is 28.9 Å². The first-order valence-corrected chi connectivity index (χ1v) is 14.2. The Morgan fingerprint density at radius 3 is 2.38 bits per heavy atom. The van der Waals surface area contributed by atoms with Crippen LogP contribution in [0.1, 0.15) is 36.3 Å². The number of anilines is 1. The number of carboxylic acid groups (broad SMARTS) is 1. The number of aryl methyl sites for hydroxylation is 1. The van der Waals surface area contributed by atoms with Gasteiger partial charge in [-0.25, -0.2) is 9.29 Å². The molecule has 1 saturated carbocycles. The van der Waals surface area contributed by atoms with Gasteiger partial charge >= 0.3 is 5.97 Å². The molecule has 6 unspecified atom stereocenters. The molecular weight excluding hydrogens is 590 g/mol. The topological polar surface area (TPSA) is 132 Å². The molecule has 0 radical (unpaired) electrons. The van der Waals surface area contributed by atoms with E-state index in [1.54, 1.807) is 31.2 Å². The van der Waals surface area contributed by atoms with Gasteiger partial charge < -0.3 is 10.2 Å². The molecule has 2 heterocycles. The van der Waals surface area contributed by atoms with Crippen molar-refractivity contribution in [2.75, 3.05) is 11.4 Å². The van der Waals surface area contributed by atoms with Crippen molar-refractivity contribution >= 4 is 58.5 Å². The highest BCUT2D eigenvalue weighted by molar-refractivity contribution is 6.58. The molecular formula is C30H25Cl2FN2O7. The first kappa shape index (κ1) is 28.4. The molecule has 2 saturated heterocycles. The minimum atomic E-state index is -2.16. The maximum atomic E-state index is 14.3. The molecule has 2 aromatic rings. The molecule has 4 aliphatic rings. The number of carbonyl (C=O) groups excluding carboxylic acids is 4. The molecule has 9 nitrogen and oxygen atoms in total. The first-order chi connectivity index (χ1) is 19.8. The third-order valence-electron chi connectivity index (χ3n) is 9.12. The van der Waals surface area contributed by atoms with Gasteiger partial charge in [-0.05, 0) is 55.5 Å². The van der Waals surface area contributed by atoms with E-state index < -0.39 is 75.3 Å². The fraction of sp³-hybridized carbons (Fsp3) is 0.367. The zero-order valence-corrected chi connectivity index (χ0v) is 23.7. The number of phenolic OH excluding ortho intramolecular Hbond substituents is 1. The Labute approximate surface area is 249 Å². The Morgan fingerprint density at radius 1 is 1.02 bits per heavy atom. The van der Waals surface area contributed by atoms with Crippen molar-refractivity contribution in [2.45, 2.75) is 41.9 Å². The van der Waals surface area contributed by atoms with Crippen LogP contribution in [-0.2, 0) is 24.0 Å². The zero-order valence-electron chi connectivity index (χ0n) is 22.2. The van der Waals surface area contributed by atoms with Crippen molar-refractivity contribution in [1.82, 2.24) is 4.90 Å². The maximum Gasteiger partial charge on any atom is 0.305 e. The second-order valence-electron chi connectivity index (χ2n) is 11.2. The number of carbonyl (C=O) groups is 5. The second kappa shape index (κ2) is 9.64. The van der Waals surface area contributed by atoms with E-state index in [0.717, 1.165) is 21.9 Å². The third kappa shape index (κ3) is 3.70. The molecule has 2 N–H and O–H groups in total. The van der Waals surface area contributed by atoms with Crippen LogP contribution in [0.2, 0.25) is 0 Å². The lowest BCUT2D eigenvalue weighted by molar-refractivity contribution is -0.142. The lowest BCUT2D eigenvalue weighted by atomic mass is 9.56. The molecule has 0 spiro atoms. The molecule has 12 heteroatoms. The van der Waals surface area contributed by atoms with Crippen LogP contribution in [-0.4, -0.2) is 61.0 Å². The Morgan fingerprint density at radius 2 is 1.71 bits per heavy atom. The van der Waals surface area contributed by atoms with Crippen molar-refractivity contribution in [3.63, 3.8) is 0 Å². The summed E-state index contributed by atoms with van der Waals surface area (Å²) in [5.41, 5.74) is 1.25. The maximum absolute atomic E-state index is 14.3. The van der Waals surface area contributed by atoms with Crippen molar-refractivity contribution < 1.29 is 38.6 Å². The van der Waals surface area contributed by atoms with Crippen molar-refractivity contribution in [3.05, 3.63) is 71.1 Å². The van der Waals surface area contributed by atoms with E-state index in [2.05, 4.69) is 0 Å². The van der Waals surface area contributed by atoms with E-state index in [9.17, 15) is 33.5 Å². The van der Waals surface area contributed by atoms with Gasteiger partial charge in [0.2, 0.25) is 11.8 Å². The highest BCUT2D eigenvalue weighted by Crippen LogP contribution is 2.66. The lowest BCUT2D eigenvalue weighted by Crippen LogP contribution is -2.60. The summed E-state index contributed by atoms with van der Waals surface area (Å²) in [4.78, 5) is 64.0. The lowest BCUT2D eigenvalue weighted by Gasteiger charge is -2.50. The van der Waals surface area contributed by atoms with Crippen molar-refractivity contribution in [1.29, 1.82) is 0 Å². The molecule has 2 aliphatic carbocycles. The predicted octanol–water partition coefficient (Wildman–Crippen LogP) is 3.88. The number of allylic oxidation sites excluding steroid dienone is 2. The fourth-order valence-electron chi connectivity index (χ4n) is 7.15. The Hall–Kier alpha value is -3.76. The van der Waals surface area contributed by atoms with Gasteiger partial charge in [0.25, 0.3) is 11.8 Å². The summed E-state index contributed by atoms with van der Waals surface area (Å²) < 4.78 is 13.7. The smallest absolute Gasteiger partial charge is 0.305 e. The number of fused-ring (bicyclic) bond motifs is 4. The van der Waals surface area contributed by atoms with Gasteiger partial charge in [-0.2, -0.15) is 0 Å². The number of hydrogen-bond acceptors (Lipinski definition) is 6. The highest BCUT2D eigenvalue weighted by Gasteiger charge is 2.76. The summed E-state index contributed by atoms with van der Waals surface area (Å²) >= 11 is 14.5. The quantitative estimate of drug-likeness (QED) is 0.297. The third-order valence-corrected chi connectivity index (χ3v) is 10.5. The minimum absolute atomic E-state index is 0.0508. The van der Waals surface area contributed by atoms with E-state index >= 15 is 0 Å². The standard InChI is InChI=1S/C30H25Cl2FN2O7/c1-14-3-2-4-19(24(14)38)23-17-9-10-18-22(26(40)34(25(18)39)12-11-21(36)37)20(17)13-29(31)27(41)35(28(42)30(23,29)32)16-7-5-15(33)6-8-16/h2-9,18,20,22-23,38H,10-13H2,1H3,(H,36,37). The van der Waals surface area contributed by atoms with E-state index in [1.807, 2.05) is 0 Å². The number of amides is 4. The normalized spacial score (nSPS) is 32.0. The van der Waals surface area contributed by atoms with Crippen LogP contribution in [0.15, 0.2) is 54.1 Å². The molecule has 218 valence electrons. The molecule has 6 rings (SSSR count). The number of para-hydroxylation sites is 1. The van der Waals surface area contributed by atoms with Gasteiger partial charge in [-0.1, -0.05) is 29.8 Å². The van der Waals surface area contributed by atoms with Crippen LogP contribution in [0.3, 0.4) is 0 Å². The summed E-state index contributed by atoms with van der Waals surface area (Å²) in [6, 6.07) is 9.57. The highest BCUT2D eigenvalue weighted by atomic mass is 35.5. The molecule has 0 aromatic heterocycles. The molecule has 4 amide bonds. The number of likely N-dealkylation sites (tertiary alicyclic amines) is 1. The van der Waals surface area contributed by atoms with E-state index in [4.69, 9.17) is 28.3 Å². The largest absolute Gasteiger partial charge is 0.507 e. The summed E-state index contributed by atoms with van der Waals surface area (Å²) in [6.07, 6.45) is 1.14. The fourth-order valence-corrected chi connectivity index (χ4v) is 8.08. The van der Waals surface area contributed by atoms with Crippen LogP contribution in [0, 0.1) is 30.5 Å². The number of nitrogens with zero attached hydrogens (tertiary/aromatic N) is 2. The van der Waals surface area contributed by atoms with E-state index in [-0.39, 0.29) is 36.4 Å². The minimum Gasteiger partial charge on any atom is -0.507 e. The summed E-state index contributed by atoms with van der Waals surface area (Å²) in [5, 5.41) is 20.3. The second-order valence-corrected chi connectivity index (χ2v) is 12.5. The average molecular weight is 615 g/mol. The van der Waals surface area contributed by atoms with Crippen LogP contribution >= 0.6 is 23.2 Å². The number of carboxylic acids is 1. The molecule has 2 aliphatic heterocycles. The Balaban J connectivity index is 1.53. The number of halogens is 3. The average Bonchev–Trinajstić information content (AvgIpc) is 3.27. The molecule has 42 heavy (non-hydrogen) atoms. The van der Waals surface area contributed by atoms with E-state index in [0.29, 0.717) is 11.1 Å². The number of rotatable bonds is 5. The number of phenols is 1. The molecule has 0 bridgehead atoms. The van der Waals surface area contributed by atoms with Crippen LogP contribution in [0.25, 0.3) is 0 Å². The van der Waals surface area contributed by atoms with Crippen molar-refractivity contribution in [3.8, 4) is 5.75 Å². The summed E-state index contributed by atoms with van der Waals surface area (Å²) in [7, 11) is 0. The van der Waals surface area contributed by atoms with Gasteiger partial charge in [-0.15, -0.1) is 23.2 Å². The molecule has 3 fully saturated rings. The number of imide groups is 2. The van der Waals surface area contributed by atoms with Crippen LogP contribution < -0.4 is 4.90 Å². The van der Waals surface area contributed by atoms with Gasteiger partial charge in [0, 0.05) is 18.0 Å². The summed E-state index contributed by atoms with van der Waals surface area (Å²) in [5.74, 6) is -8.51. The van der Waals surface area contributed by atoms with Crippen molar-refractivity contribution in [2.24, 2.45) is 17.8 Å². The summed E-state index contributed by atoms with van der Waals surface area (Å²) in [6.45, 7) is 1.36. The number of alkyl halides is 2. The van der Waals surface area contributed by atoms with Gasteiger partial charge in [0.05, 0.1) is 23.9 Å². The number of hydrogen-bond donors (Lipinski definition) is 2. The van der Waals surface area contributed by atoms with Crippen LogP contribution in [0.5, 0.6) is 5.75 Å². The Kier molecular flexibility index (Phi) is 6.51. The predicted molar refractivity (Wildman–Crippen MR) is 148 cm³/mol. The number of aromatic hydroxyl groups is 1. The first-order valence-electron chi connectivity index (χ1n) is 13.4. The number of benzene rings is 2. The molecule has 2 aromatic carbocycles. The van der Waals surface area contributed by atoms with E-state index in [1.165, 1.54) is 12.1 Å². The van der Waals surface area contributed by atoms with Gasteiger partial charge in [0.1, 0.15) is 11.6 Å².